The van der Waals surface area contributed by atoms with Crippen molar-refractivity contribution in [3.8, 4) is 0 Å². The summed E-state index contributed by atoms with van der Waals surface area (Å²) in [5.41, 5.74) is 3.38. The molecule has 0 spiro atoms. The predicted molar refractivity (Wildman–Crippen MR) is 123 cm³/mol. The van der Waals surface area contributed by atoms with Crippen LogP contribution in [0.3, 0.4) is 0 Å². The standard InChI is InChI=1S/C23H29N5O3S/c1-15-8-10-28(11-9-15)32(30,31)22-13-21(27(4)17(22)3)23(29)24-14-18-6-5-7-20-19(18)12-16(2)25-26-20/h5-7,12-13,15H,8-11,14H2,1-4H3,(H,24,29). The van der Waals surface area contributed by atoms with Crippen LogP contribution in [-0.4, -0.2) is 46.5 Å². The Labute approximate surface area is 188 Å². The fraction of sp³-hybridized carbons (Fsp3) is 0.435. The molecule has 32 heavy (non-hydrogen) atoms. The fourth-order valence-corrected chi connectivity index (χ4v) is 5.90. The van der Waals surface area contributed by atoms with E-state index in [1.54, 1.807) is 18.5 Å². The lowest BCUT2D eigenvalue weighted by Crippen LogP contribution is -2.38. The number of rotatable bonds is 5. The van der Waals surface area contributed by atoms with Crippen LogP contribution in [0.15, 0.2) is 35.2 Å². The number of carbonyl (C=O) groups excluding carboxylic acids is 1. The Kier molecular flexibility index (Phi) is 6.05. The summed E-state index contributed by atoms with van der Waals surface area (Å²) in [5.74, 6) is 0.212. The molecule has 1 N–H and O–H groups in total. The summed E-state index contributed by atoms with van der Waals surface area (Å²) >= 11 is 0. The van der Waals surface area contributed by atoms with Gasteiger partial charge in [-0.15, -0.1) is 0 Å². The molecule has 1 fully saturated rings. The van der Waals surface area contributed by atoms with Gasteiger partial charge in [0, 0.05) is 37.8 Å². The van der Waals surface area contributed by atoms with Crippen molar-refractivity contribution in [2.75, 3.05) is 13.1 Å². The first-order chi connectivity index (χ1) is 15.2. The van der Waals surface area contributed by atoms with Gasteiger partial charge in [-0.05, 0) is 56.4 Å². The molecule has 1 amide bonds. The van der Waals surface area contributed by atoms with Gasteiger partial charge in [0.05, 0.1) is 11.2 Å². The number of aryl methyl sites for hydroxylation is 1. The second-order valence-corrected chi connectivity index (χ2v) is 10.5. The maximum absolute atomic E-state index is 13.2. The summed E-state index contributed by atoms with van der Waals surface area (Å²) in [6.45, 7) is 7.09. The highest BCUT2D eigenvalue weighted by atomic mass is 32.2. The molecule has 1 aliphatic heterocycles. The largest absolute Gasteiger partial charge is 0.347 e. The lowest BCUT2D eigenvalue weighted by Gasteiger charge is -2.29. The lowest BCUT2D eigenvalue weighted by atomic mass is 10.0. The molecular formula is C23H29N5O3S. The normalized spacial score (nSPS) is 15.9. The Bertz CT molecular complexity index is 1270. The third kappa shape index (κ3) is 4.14. The number of piperidine rings is 1. The van der Waals surface area contributed by atoms with Gasteiger partial charge in [0.15, 0.2) is 0 Å². The number of nitrogens with one attached hydrogen (secondary N) is 1. The van der Waals surface area contributed by atoms with Crippen LogP contribution < -0.4 is 5.32 Å². The van der Waals surface area contributed by atoms with Gasteiger partial charge in [-0.25, -0.2) is 8.42 Å². The number of hydrogen-bond acceptors (Lipinski definition) is 5. The van der Waals surface area contributed by atoms with Crippen molar-refractivity contribution in [2.24, 2.45) is 13.0 Å². The molecule has 170 valence electrons. The zero-order valence-corrected chi connectivity index (χ0v) is 19.7. The average Bonchev–Trinajstić information content (AvgIpc) is 3.07. The Hall–Kier alpha value is -2.78. The van der Waals surface area contributed by atoms with Crippen molar-refractivity contribution < 1.29 is 13.2 Å². The highest BCUT2D eigenvalue weighted by Gasteiger charge is 2.32. The van der Waals surface area contributed by atoms with E-state index in [0.29, 0.717) is 36.9 Å². The van der Waals surface area contributed by atoms with Crippen molar-refractivity contribution >= 4 is 26.8 Å². The smallest absolute Gasteiger partial charge is 0.268 e. The third-order valence-corrected chi connectivity index (χ3v) is 8.38. The van der Waals surface area contributed by atoms with Crippen molar-refractivity contribution in [3.05, 3.63) is 53.0 Å². The summed E-state index contributed by atoms with van der Waals surface area (Å²) in [6, 6.07) is 9.14. The number of fused-ring (bicyclic) bond motifs is 1. The van der Waals surface area contributed by atoms with Crippen LogP contribution in [-0.2, 0) is 23.6 Å². The Balaban J connectivity index is 1.56. The molecule has 9 heteroatoms. The summed E-state index contributed by atoms with van der Waals surface area (Å²) in [4.78, 5) is 13.2. The second-order valence-electron chi connectivity index (χ2n) is 8.64. The maximum Gasteiger partial charge on any atom is 0.268 e. The zero-order chi connectivity index (χ0) is 23.0. The van der Waals surface area contributed by atoms with Gasteiger partial charge in [0.1, 0.15) is 10.6 Å². The van der Waals surface area contributed by atoms with E-state index in [-0.39, 0.29) is 10.8 Å². The molecule has 3 heterocycles. The van der Waals surface area contributed by atoms with Crippen LogP contribution in [0.2, 0.25) is 0 Å². The maximum atomic E-state index is 13.2. The van der Waals surface area contributed by atoms with E-state index in [9.17, 15) is 13.2 Å². The van der Waals surface area contributed by atoms with E-state index < -0.39 is 10.0 Å². The van der Waals surface area contributed by atoms with Crippen molar-refractivity contribution in [1.82, 2.24) is 24.4 Å². The minimum Gasteiger partial charge on any atom is -0.347 e. The minimum absolute atomic E-state index is 0.204. The van der Waals surface area contributed by atoms with E-state index in [1.165, 1.54) is 10.4 Å². The van der Waals surface area contributed by atoms with Gasteiger partial charge >= 0.3 is 0 Å². The topological polar surface area (TPSA) is 97.2 Å². The Morgan fingerprint density at radius 2 is 1.88 bits per heavy atom. The van der Waals surface area contributed by atoms with E-state index in [4.69, 9.17) is 0 Å². The van der Waals surface area contributed by atoms with Crippen LogP contribution in [0.25, 0.3) is 10.9 Å². The second kappa shape index (κ2) is 8.63. The average molecular weight is 456 g/mol. The molecular weight excluding hydrogens is 426 g/mol. The SMILES string of the molecule is Cc1cc2c(CNC(=O)c3cc(S(=O)(=O)N4CCC(C)CC4)c(C)n3C)cccc2nn1. The molecule has 1 saturated heterocycles. The lowest BCUT2D eigenvalue weighted by molar-refractivity contribution is 0.0942. The molecule has 0 bridgehead atoms. The molecule has 0 atom stereocenters. The molecule has 1 aromatic carbocycles. The van der Waals surface area contributed by atoms with Crippen molar-refractivity contribution in [2.45, 2.75) is 45.1 Å². The monoisotopic (exact) mass is 455 g/mol. The van der Waals surface area contributed by atoms with E-state index in [0.717, 1.165) is 35.0 Å². The number of sulfonamides is 1. The van der Waals surface area contributed by atoms with Gasteiger partial charge in [0.25, 0.3) is 5.91 Å². The fourth-order valence-electron chi connectivity index (χ4n) is 4.16. The number of aromatic nitrogens is 3. The number of nitrogens with zero attached hydrogens (tertiary/aromatic N) is 4. The molecule has 0 unspecified atom stereocenters. The first kappa shape index (κ1) is 22.4. The number of benzene rings is 1. The van der Waals surface area contributed by atoms with Crippen molar-refractivity contribution in [3.63, 3.8) is 0 Å². The molecule has 2 aromatic heterocycles. The minimum atomic E-state index is -3.63. The molecule has 0 aliphatic carbocycles. The Morgan fingerprint density at radius 3 is 2.59 bits per heavy atom. The zero-order valence-electron chi connectivity index (χ0n) is 18.9. The van der Waals surface area contributed by atoms with E-state index in [1.807, 2.05) is 31.2 Å². The highest BCUT2D eigenvalue weighted by Crippen LogP contribution is 2.27. The summed E-state index contributed by atoms with van der Waals surface area (Å²) < 4.78 is 29.6. The first-order valence-corrected chi connectivity index (χ1v) is 12.3. The third-order valence-electron chi connectivity index (χ3n) is 6.36. The summed E-state index contributed by atoms with van der Waals surface area (Å²) in [5, 5.41) is 12.1. The molecule has 1 aliphatic rings. The molecule has 4 rings (SSSR count). The van der Waals surface area contributed by atoms with Gasteiger partial charge in [-0.3, -0.25) is 4.79 Å². The van der Waals surface area contributed by atoms with Crippen molar-refractivity contribution in [1.29, 1.82) is 0 Å². The quantitative estimate of drug-likeness (QED) is 0.638. The molecule has 8 nitrogen and oxygen atoms in total. The first-order valence-electron chi connectivity index (χ1n) is 10.8. The van der Waals surface area contributed by atoms with Crippen LogP contribution in [0.5, 0.6) is 0 Å². The summed E-state index contributed by atoms with van der Waals surface area (Å²) in [6.07, 6.45) is 1.71. The summed E-state index contributed by atoms with van der Waals surface area (Å²) in [7, 11) is -1.91. The van der Waals surface area contributed by atoms with E-state index >= 15 is 0 Å². The number of carbonyl (C=O) groups is 1. The van der Waals surface area contributed by atoms with E-state index in [2.05, 4.69) is 22.4 Å². The number of amides is 1. The van der Waals surface area contributed by atoms with Crippen LogP contribution in [0.1, 0.15) is 47.2 Å². The van der Waals surface area contributed by atoms with Crippen LogP contribution in [0, 0.1) is 19.8 Å². The highest BCUT2D eigenvalue weighted by molar-refractivity contribution is 7.89. The van der Waals surface area contributed by atoms with Gasteiger partial charge < -0.3 is 9.88 Å². The Morgan fingerprint density at radius 1 is 1.16 bits per heavy atom. The number of hydrogen-bond donors (Lipinski definition) is 1. The van der Waals surface area contributed by atoms with Gasteiger partial charge in [0.2, 0.25) is 10.0 Å². The molecule has 0 saturated carbocycles. The van der Waals surface area contributed by atoms with Gasteiger partial charge in [-0.1, -0.05) is 19.1 Å². The molecule has 0 radical (unpaired) electrons. The molecule has 3 aromatic rings. The van der Waals surface area contributed by atoms with Gasteiger partial charge in [-0.2, -0.15) is 14.5 Å². The predicted octanol–water partition coefficient (Wildman–Crippen LogP) is 2.94. The van der Waals surface area contributed by atoms with Crippen LogP contribution in [0.4, 0.5) is 0 Å². The van der Waals surface area contributed by atoms with Crippen LogP contribution >= 0.6 is 0 Å².